The maximum atomic E-state index is 5.41. The molecule has 1 aliphatic heterocycles. The molecule has 0 bridgehead atoms. The van der Waals surface area contributed by atoms with Gasteiger partial charge in [0.25, 0.3) is 5.89 Å². The van der Waals surface area contributed by atoms with Gasteiger partial charge in [0.05, 0.1) is 10.9 Å². The van der Waals surface area contributed by atoms with E-state index in [1.807, 2.05) is 16.8 Å². The van der Waals surface area contributed by atoms with Crippen molar-refractivity contribution in [3.05, 3.63) is 28.7 Å². The molecule has 23 heavy (non-hydrogen) atoms. The molecule has 9 heteroatoms. The highest BCUT2D eigenvalue weighted by molar-refractivity contribution is 7.20. The van der Waals surface area contributed by atoms with Crippen molar-refractivity contribution in [1.82, 2.24) is 25.3 Å². The van der Waals surface area contributed by atoms with Crippen molar-refractivity contribution >= 4 is 35.1 Å². The van der Waals surface area contributed by atoms with Crippen LogP contribution in [0, 0.1) is 0 Å². The molecular formula is C14H16ClN5OS2. The SMILES string of the molecule is CN1CCNCC1c1noc(-c2csc(-c3cccs3)n2)n1.Cl. The molecule has 1 saturated heterocycles. The van der Waals surface area contributed by atoms with Crippen LogP contribution in [-0.4, -0.2) is 46.7 Å². The zero-order valence-electron chi connectivity index (χ0n) is 12.4. The van der Waals surface area contributed by atoms with Crippen LogP contribution in [0.4, 0.5) is 0 Å². The third-order valence-electron chi connectivity index (χ3n) is 3.71. The first-order chi connectivity index (χ1) is 10.8. The van der Waals surface area contributed by atoms with Crippen molar-refractivity contribution in [1.29, 1.82) is 0 Å². The van der Waals surface area contributed by atoms with Gasteiger partial charge in [-0.15, -0.1) is 35.1 Å². The Kier molecular flexibility index (Phi) is 5.08. The summed E-state index contributed by atoms with van der Waals surface area (Å²) >= 11 is 3.28. The van der Waals surface area contributed by atoms with Gasteiger partial charge in [-0.25, -0.2) is 4.98 Å². The van der Waals surface area contributed by atoms with Gasteiger partial charge >= 0.3 is 0 Å². The Labute approximate surface area is 148 Å². The molecule has 6 nitrogen and oxygen atoms in total. The quantitative estimate of drug-likeness (QED) is 0.765. The van der Waals surface area contributed by atoms with Crippen LogP contribution >= 0.6 is 35.1 Å². The second-order valence-corrected chi connectivity index (χ2v) is 6.98. The first kappa shape index (κ1) is 16.5. The fourth-order valence-electron chi connectivity index (χ4n) is 2.45. The predicted octanol–water partition coefficient (Wildman–Crippen LogP) is 2.92. The van der Waals surface area contributed by atoms with Crippen molar-refractivity contribution in [2.24, 2.45) is 0 Å². The summed E-state index contributed by atoms with van der Waals surface area (Å²) in [5.41, 5.74) is 0.749. The highest BCUT2D eigenvalue weighted by Gasteiger charge is 2.26. The molecule has 0 aromatic carbocycles. The van der Waals surface area contributed by atoms with Gasteiger partial charge in [0.2, 0.25) is 0 Å². The molecule has 3 aromatic heterocycles. The molecule has 4 heterocycles. The lowest BCUT2D eigenvalue weighted by Gasteiger charge is -2.30. The van der Waals surface area contributed by atoms with Crippen molar-refractivity contribution in [3.63, 3.8) is 0 Å². The summed E-state index contributed by atoms with van der Waals surface area (Å²) in [6, 6.07) is 4.24. The predicted molar refractivity (Wildman–Crippen MR) is 94.2 cm³/mol. The molecule has 1 fully saturated rings. The van der Waals surface area contributed by atoms with E-state index >= 15 is 0 Å². The maximum Gasteiger partial charge on any atom is 0.277 e. The second kappa shape index (κ2) is 7.06. The average Bonchev–Trinajstić information content (AvgIpc) is 3.27. The summed E-state index contributed by atoms with van der Waals surface area (Å²) in [6.45, 7) is 2.81. The molecule has 1 unspecified atom stereocenters. The van der Waals surface area contributed by atoms with Crippen LogP contribution in [0.25, 0.3) is 21.5 Å². The average molecular weight is 370 g/mol. The summed E-state index contributed by atoms with van der Waals surface area (Å²) in [7, 11) is 2.08. The van der Waals surface area contributed by atoms with Gasteiger partial charge in [-0.05, 0) is 18.5 Å². The minimum Gasteiger partial charge on any atom is -0.332 e. The van der Waals surface area contributed by atoms with Crippen LogP contribution in [-0.2, 0) is 0 Å². The number of rotatable bonds is 3. The van der Waals surface area contributed by atoms with Gasteiger partial charge in [0.1, 0.15) is 10.7 Å². The fraction of sp³-hybridized carbons (Fsp3) is 0.357. The van der Waals surface area contributed by atoms with Crippen LogP contribution in [0.2, 0.25) is 0 Å². The highest BCUT2D eigenvalue weighted by Crippen LogP contribution is 2.31. The van der Waals surface area contributed by atoms with Crippen LogP contribution < -0.4 is 5.32 Å². The standard InChI is InChI=1S/C14H15N5OS2.ClH/c1-19-5-4-15-7-10(19)12-17-13(20-18-12)9-8-22-14(16-9)11-3-2-6-21-11;/h2-3,6,8,10,15H,4-5,7H2,1H3;1H. The van der Waals surface area contributed by atoms with Crippen LogP contribution in [0.1, 0.15) is 11.9 Å². The van der Waals surface area contributed by atoms with Crippen molar-refractivity contribution in [3.8, 4) is 21.5 Å². The van der Waals surface area contributed by atoms with Crippen molar-refractivity contribution in [2.75, 3.05) is 26.7 Å². The first-order valence-corrected chi connectivity index (χ1v) is 8.81. The summed E-state index contributed by atoms with van der Waals surface area (Å²) in [5, 5.41) is 12.5. The number of nitrogens with one attached hydrogen (secondary N) is 1. The molecular weight excluding hydrogens is 354 g/mol. The molecule has 0 radical (unpaired) electrons. The van der Waals surface area contributed by atoms with Gasteiger partial charge in [-0.2, -0.15) is 4.98 Å². The number of halogens is 1. The molecule has 4 rings (SSSR count). The van der Waals surface area contributed by atoms with Gasteiger partial charge < -0.3 is 9.84 Å². The van der Waals surface area contributed by atoms with Gasteiger partial charge in [0, 0.05) is 25.0 Å². The lowest BCUT2D eigenvalue weighted by Crippen LogP contribution is -2.44. The number of thiophene rings is 1. The Morgan fingerprint density at radius 3 is 3.04 bits per heavy atom. The zero-order valence-corrected chi connectivity index (χ0v) is 14.9. The molecule has 0 spiro atoms. The lowest BCUT2D eigenvalue weighted by atomic mass is 10.2. The lowest BCUT2D eigenvalue weighted by molar-refractivity contribution is 0.190. The number of likely N-dealkylation sites (N-methyl/N-ethyl adjacent to an activating group) is 1. The summed E-state index contributed by atoms with van der Waals surface area (Å²) in [4.78, 5) is 12.5. The normalized spacial score (nSPS) is 18.7. The number of hydrogen-bond acceptors (Lipinski definition) is 8. The first-order valence-electron chi connectivity index (χ1n) is 7.05. The molecule has 3 aromatic rings. The number of thiazole rings is 1. The number of nitrogens with zero attached hydrogens (tertiary/aromatic N) is 4. The van der Waals surface area contributed by atoms with Crippen LogP contribution in [0.5, 0.6) is 0 Å². The molecule has 0 saturated carbocycles. The Hall–Kier alpha value is -1.32. The van der Waals surface area contributed by atoms with E-state index in [0.717, 1.165) is 41.0 Å². The van der Waals surface area contributed by atoms with Crippen LogP contribution in [0.3, 0.4) is 0 Å². The fourth-order valence-corrected chi connectivity index (χ4v) is 4.06. The molecule has 1 aliphatic rings. The van der Waals surface area contributed by atoms with E-state index in [1.165, 1.54) is 0 Å². The minimum atomic E-state index is 0. The minimum absolute atomic E-state index is 0. The van der Waals surface area contributed by atoms with E-state index in [2.05, 4.69) is 38.5 Å². The number of piperazine rings is 1. The number of hydrogen-bond donors (Lipinski definition) is 1. The Bertz CT molecular complexity index is 757. The molecule has 1 N–H and O–H groups in total. The van der Waals surface area contributed by atoms with E-state index < -0.39 is 0 Å². The van der Waals surface area contributed by atoms with Gasteiger partial charge in [0.15, 0.2) is 5.82 Å². The van der Waals surface area contributed by atoms with Gasteiger partial charge in [-0.3, -0.25) is 4.90 Å². The molecule has 0 amide bonds. The van der Waals surface area contributed by atoms with E-state index in [-0.39, 0.29) is 18.4 Å². The second-order valence-electron chi connectivity index (χ2n) is 5.17. The zero-order chi connectivity index (χ0) is 14.9. The van der Waals surface area contributed by atoms with Crippen molar-refractivity contribution in [2.45, 2.75) is 6.04 Å². The molecule has 122 valence electrons. The van der Waals surface area contributed by atoms with E-state index in [1.54, 1.807) is 22.7 Å². The monoisotopic (exact) mass is 369 g/mol. The Morgan fingerprint density at radius 1 is 1.35 bits per heavy atom. The van der Waals surface area contributed by atoms with Crippen LogP contribution in [0.15, 0.2) is 27.4 Å². The van der Waals surface area contributed by atoms with E-state index in [9.17, 15) is 0 Å². The summed E-state index contributed by atoms with van der Waals surface area (Å²) in [6.07, 6.45) is 0. The van der Waals surface area contributed by atoms with Crippen molar-refractivity contribution < 1.29 is 4.52 Å². The summed E-state index contributed by atoms with van der Waals surface area (Å²) in [5.74, 6) is 1.21. The van der Waals surface area contributed by atoms with Gasteiger partial charge in [-0.1, -0.05) is 11.2 Å². The van der Waals surface area contributed by atoms with E-state index in [4.69, 9.17) is 4.52 Å². The van der Waals surface area contributed by atoms with E-state index in [0.29, 0.717) is 5.89 Å². The highest BCUT2D eigenvalue weighted by atomic mass is 35.5. The largest absolute Gasteiger partial charge is 0.332 e. The Balaban J connectivity index is 0.00000156. The third kappa shape index (κ3) is 3.31. The smallest absolute Gasteiger partial charge is 0.277 e. The third-order valence-corrected chi connectivity index (χ3v) is 5.59. The topological polar surface area (TPSA) is 67.1 Å². The number of aromatic nitrogens is 3. The Morgan fingerprint density at radius 2 is 2.26 bits per heavy atom. The molecule has 1 atom stereocenters. The maximum absolute atomic E-state index is 5.41. The summed E-state index contributed by atoms with van der Waals surface area (Å²) < 4.78 is 5.41. The molecule has 0 aliphatic carbocycles.